The van der Waals surface area contributed by atoms with Crippen molar-refractivity contribution in [3.63, 3.8) is 0 Å². The molecule has 0 fully saturated rings. The Labute approximate surface area is 122 Å². The summed E-state index contributed by atoms with van der Waals surface area (Å²) in [5.74, 6) is -1.06. The van der Waals surface area contributed by atoms with Gasteiger partial charge in [0, 0.05) is 15.7 Å². The van der Waals surface area contributed by atoms with E-state index in [1.165, 1.54) is 12.1 Å². The second-order valence-electron chi connectivity index (χ2n) is 4.55. The predicted molar refractivity (Wildman–Crippen MR) is 76.3 cm³/mol. The number of fused-ring (bicyclic) bond motifs is 1. The molecule has 0 bridgehead atoms. The minimum Gasteiger partial charge on any atom is -0.326 e. The molecule has 20 heavy (non-hydrogen) atoms. The standard InChI is InChI=1S/C15H9BrFNO2/c16-10-2-3-11(12(17)7-10)15(20)8-1-4-13-9(5-8)6-14(19)18-13/h1-5,7H,6H2,(H,18,19). The molecule has 0 unspecified atom stereocenters. The van der Waals surface area contributed by atoms with Crippen LogP contribution in [0.15, 0.2) is 40.9 Å². The van der Waals surface area contributed by atoms with Gasteiger partial charge in [-0.2, -0.15) is 0 Å². The Kier molecular flexibility index (Phi) is 3.14. The Morgan fingerprint density at radius 2 is 2.00 bits per heavy atom. The van der Waals surface area contributed by atoms with Crippen molar-refractivity contribution in [1.29, 1.82) is 0 Å². The van der Waals surface area contributed by atoms with E-state index in [1.54, 1.807) is 24.3 Å². The third-order valence-electron chi connectivity index (χ3n) is 3.17. The van der Waals surface area contributed by atoms with Crippen molar-refractivity contribution in [3.8, 4) is 0 Å². The third kappa shape index (κ3) is 2.25. The predicted octanol–water partition coefficient (Wildman–Crippen LogP) is 3.31. The van der Waals surface area contributed by atoms with Gasteiger partial charge < -0.3 is 5.32 Å². The highest BCUT2D eigenvalue weighted by Gasteiger charge is 2.20. The van der Waals surface area contributed by atoms with Crippen LogP contribution in [0.25, 0.3) is 0 Å². The number of benzene rings is 2. The number of carbonyl (C=O) groups excluding carboxylic acids is 2. The summed E-state index contributed by atoms with van der Waals surface area (Å²) in [5, 5.41) is 2.69. The molecule has 0 radical (unpaired) electrons. The average molecular weight is 334 g/mol. The Bertz CT molecular complexity index is 743. The highest BCUT2D eigenvalue weighted by atomic mass is 79.9. The zero-order chi connectivity index (χ0) is 14.3. The van der Waals surface area contributed by atoms with Crippen LogP contribution in [0.4, 0.5) is 10.1 Å². The van der Waals surface area contributed by atoms with Crippen molar-refractivity contribution in [2.24, 2.45) is 0 Å². The molecule has 1 heterocycles. The number of rotatable bonds is 2. The molecule has 0 spiro atoms. The lowest BCUT2D eigenvalue weighted by atomic mass is 10.00. The Morgan fingerprint density at radius 1 is 1.20 bits per heavy atom. The summed E-state index contributed by atoms with van der Waals surface area (Å²) in [6.07, 6.45) is 0.249. The van der Waals surface area contributed by atoms with Crippen LogP contribution < -0.4 is 5.32 Å². The van der Waals surface area contributed by atoms with Crippen LogP contribution in [0.1, 0.15) is 21.5 Å². The largest absolute Gasteiger partial charge is 0.326 e. The van der Waals surface area contributed by atoms with E-state index in [-0.39, 0.29) is 17.9 Å². The number of halogens is 2. The summed E-state index contributed by atoms with van der Waals surface area (Å²) in [4.78, 5) is 23.6. The normalized spacial score (nSPS) is 13.0. The molecule has 1 amide bonds. The van der Waals surface area contributed by atoms with E-state index < -0.39 is 11.6 Å². The monoisotopic (exact) mass is 333 g/mol. The molecule has 0 aromatic heterocycles. The van der Waals surface area contributed by atoms with Gasteiger partial charge in [-0.3, -0.25) is 9.59 Å². The Balaban J connectivity index is 1.99. The third-order valence-corrected chi connectivity index (χ3v) is 3.66. The number of nitrogens with one attached hydrogen (secondary N) is 1. The van der Waals surface area contributed by atoms with Gasteiger partial charge >= 0.3 is 0 Å². The van der Waals surface area contributed by atoms with Crippen LogP contribution >= 0.6 is 15.9 Å². The van der Waals surface area contributed by atoms with Gasteiger partial charge in [-0.05, 0) is 42.0 Å². The van der Waals surface area contributed by atoms with Gasteiger partial charge in [0.1, 0.15) is 5.82 Å². The zero-order valence-corrected chi connectivity index (χ0v) is 11.8. The lowest BCUT2D eigenvalue weighted by Gasteiger charge is -2.05. The number of ketones is 1. The maximum Gasteiger partial charge on any atom is 0.228 e. The van der Waals surface area contributed by atoms with E-state index in [4.69, 9.17) is 0 Å². The van der Waals surface area contributed by atoms with Gasteiger partial charge in [0.15, 0.2) is 5.78 Å². The molecule has 100 valence electrons. The zero-order valence-electron chi connectivity index (χ0n) is 10.2. The van der Waals surface area contributed by atoms with Crippen molar-refractivity contribution in [3.05, 3.63) is 63.4 Å². The minimum absolute atomic E-state index is 0.0189. The molecule has 2 aromatic rings. The Morgan fingerprint density at radius 3 is 2.75 bits per heavy atom. The number of carbonyl (C=O) groups is 2. The van der Waals surface area contributed by atoms with Gasteiger partial charge in [0.2, 0.25) is 5.91 Å². The first-order valence-electron chi connectivity index (χ1n) is 5.97. The van der Waals surface area contributed by atoms with Gasteiger partial charge in [-0.15, -0.1) is 0 Å². The van der Waals surface area contributed by atoms with E-state index in [2.05, 4.69) is 21.2 Å². The minimum atomic E-state index is -0.570. The van der Waals surface area contributed by atoms with Gasteiger partial charge in [0.05, 0.1) is 12.0 Å². The van der Waals surface area contributed by atoms with E-state index in [0.717, 1.165) is 5.56 Å². The van der Waals surface area contributed by atoms with Gasteiger partial charge in [0.25, 0.3) is 0 Å². The van der Waals surface area contributed by atoms with Crippen molar-refractivity contribution in [2.45, 2.75) is 6.42 Å². The number of amides is 1. The first-order valence-corrected chi connectivity index (χ1v) is 6.76. The average Bonchev–Trinajstić information content (AvgIpc) is 2.77. The summed E-state index contributed by atoms with van der Waals surface area (Å²) >= 11 is 3.15. The molecule has 5 heteroatoms. The van der Waals surface area contributed by atoms with Crippen LogP contribution in [-0.4, -0.2) is 11.7 Å². The van der Waals surface area contributed by atoms with E-state index in [0.29, 0.717) is 15.7 Å². The molecular formula is C15H9BrFNO2. The molecule has 0 aliphatic carbocycles. The van der Waals surface area contributed by atoms with E-state index in [9.17, 15) is 14.0 Å². The maximum absolute atomic E-state index is 13.8. The highest BCUT2D eigenvalue weighted by Crippen LogP contribution is 2.26. The molecule has 1 N–H and O–H groups in total. The molecule has 0 saturated carbocycles. The van der Waals surface area contributed by atoms with E-state index >= 15 is 0 Å². The quantitative estimate of drug-likeness (QED) is 0.857. The highest BCUT2D eigenvalue weighted by molar-refractivity contribution is 9.10. The summed E-state index contributed by atoms with van der Waals surface area (Å²) in [6, 6.07) is 9.22. The smallest absolute Gasteiger partial charge is 0.228 e. The Hall–Kier alpha value is -2.01. The maximum atomic E-state index is 13.8. The molecule has 3 nitrogen and oxygen atoms in total. The summed E-state index contributed by atoms with van der Waals surface area (Å²) in [6.45, 7) is 0. The van der Waals surface area contributed by atoms with Crippen LogP contribution in [-0.2, 0) is 11.2 Å². The molecule has 0 atom stereocenters. The molecule has 0 saturated heterocycles. The van der Waals surface area contributed by atoms with Crippen molar-refractivity contribution in [2.75, 3.05) is 5.32 Å². The lowest BCUT2D eigenvalue weighted by molar-refractivity contribution is -0.115. The summed E-state index contributed by atoms with van der Waals surface area (Å²) < 4.78 is 14.4. The first kappa shape index (κ1) is 13.0. The van der Waals surface area contributed by atoms with Crippen LogP contribution in [0.3, 0.4) is 0 Å². The van der Waals surface area contributed by atoms with E-state index in [1.807, 2.05) is 0 Å². The molecule has 1 aliphatic heterocycles. The SMILES string of the molecule is O=C1Cc2cc(C(=O)c3ccc(Br)cc3F)ccc2N1. The molecule has 1 aliphatic rings. The molecule has 2 aromatic carbocycles. The van der Waals surface area contributed by atoms with Crippen molar-refractivity contribution >= 4 is 33.3 Å². The van der Waals surface area contributed by atoms with Gasteiger partial charge in [-0.1, -0.05) is 15.9 Å². The fourth-order valence-corrected chi connectivity index (χ4v) is 2.53. The lowest BCUT2D eigenvalue weighted by Crippen LogP contribution is -2.04. The topological polar surface area (TPSA) is 46.2 Å². The fourth-order valence-electron chi connectivity index (χ4n) is 2.20. The second kappa shape index (κ2) is 4.83. The first-order chi connectivity index (χ1) is 9.54. The summed E-state index contributed by atoms with van der Waals surface area (Å²) in [5.41, 5.74) is 1.87. The van der Waals surface area contributed by atoms with Crippen LogP contribution in [0.2, 0.25) is 0 Å². The fraction of sp³-hybridized carbons (Fsp3) is 0.0667. The van der Waals surface area contributed by atoms with Gasteiger partial charge in [-0.25, -0.2) is 4.39 Å². The van der Waals surface area contributed by atoms with Crippen molar-refractivity contribution in [1.82, 2.24) is 0 Å². The van der Waals surface area contributed by atoms with Crippen LogP contribution in [0, 0.1) is 5.82 Å². The van der Waals surface area contributed by atoms with Crippen molar-refractivity contribution < 1.29 is 14.0 Å². The molecule has 3 rings (SSSR count). The number of hydrogen-bond donors (Lipinski definition) is 1. The number of hydrogen-bond acceptors (Lipinski definition) is 2. The second-order valence-corrected chi connectivity index (χ2v) is 5.47. The summed E-state index contributed by atoms with van der Waals surface area (Å²) in [7, 11) is 0. The molecular weight excluding hydrogens is 325 g/mol. The van der Waals surface area contributed by atoms with Crippen LogP contribution in [0.5, 0.6) is 0 Å². The number of anilines is 1.